The van der Waals surface area contributed by atoms with Crippen molar-refractivity contribution in [1.29, 1.82) is 0 Å². The highest BCUT2D eigenvalue weighted by Crippen LogP contribution is 2.14. The number of rotatable bonds is 12. The molecule has 2 atom stereocenters. The van der Waals surface area contributed by atoms with Gasteiger partial charge in [0, 0.05) is 165 Å². The minimum Gasteiger partial charge on any atom is -0.400 e. The molecule has 2 aliphatic heterocycles. The van der Waals surface area contributed by atoms with Crippen molar-refractivity contribution in [2.24, 2.45) is 0 Å². The topological polar surface area (TPSA) is 115 Å². The Balaban J connectivity index is -0.000000284. The molecule has 0 spiro atoms. The molecule has 0 aromatic rings. The lowest BCUT2D eigenvalue weighted by Gasteiger charge is -2.22. The van der Waals surface area contributed by atoms with Gasteiger partial charge < -0.3 is 34.3 Å². The minimum absolute atomic E-state index is 0.0314. The van der Waals surface area contributed by atoms with Crippen LogP contribution in [0, 0.1) is 0 Å². The molecule has 22 heteroatoms. The average molecular weight is 928 g/mol. The molecule has 2 fully saturated rings. The Hall–Kier alpha value is 2.02. The second kappa shape index (κ2) is 54.8. The van der Waals surface area contributed by atoms with E-state index in [1.807, 2.05) is 12.2 Å². The highest BCUT2D eigenvalue weighted by Gasteiger charge is 2.13. The third-order valence-electron chi connectivity index (χ3n) is 4.57. The van der Waals surface area contributed by atoms with E-state index in [-0.39, 0.29) is 31.0 Å². The van der Waals surface area contributed by atoms with E-state index in [4.69, 9.17) is 34.3 Å². The first-order chi connectivity index (χ1) is 22.9. The number of hydrogen-bond acceptors (Lipinski definition) is 12. The molecule has 280 valence electrons. The maximum atomic E-state index is 9.21. The van der Waals surface area contributed by atoms with Crippen molar-refractivity contribution in [3.8, 4) is 0 Å². The smallest absolute Gasteiger partial charge is 0.218 e. The normalized spacial score (nSPS) is 16.1. The number of ether oxygens (including phenoxy) is 4. The van der Waals surface area contributed by atoms with E-state index in [9.17, 15) is 4.79 Å². The summed E-state index contributed by atoms with van der Waals surface area (Å²) in [6, 6.07) is 0. The van der Waals surface area contributed by atoms with Crippen LogP contribution in [0.3, 0.4) is 0 Å². The molecule has 3 N–H and O–H groups in total. The predicted molar refractivity (Wildman–Crippen MR) is 230 cm³/mol. The molecule has 2 unspecified atom stereocenters. The lowest BCUT2D eigenvalue weighted by atomic mass is 10.2. The fourth-order valence-corrected chi connectivity index (χ4v) is 16.6. The second-order valence-electron chi connectivity index (χ2n) is 7.96. The van der Waals surface area contributed by atoms with Crippen LogP contribution >= 0.6 is 11.6 Å². The lowest BCUT2D eigenvalue weighted by molar-refractivity contribution is -0.162. The lowest BCUT2D eigenvalue weighted by Crippen LogP contribution is -2.22. The van der Waals surface area contributed by atoms with Gasteiger partial charge in [0.1, 0.15) is 0 Å². The zero-order chi connectivity index (χ0) is 36.1. The molecule has 2 aliphatic rings. The molecule has 2 heterocycles. The van der Waals surface area contributed by atoms with Crippen molar-refractivity contribution in [3.63, 3.8) is 0 Å². The average Bonchev–Trinajstić information content (AvgIpc) is 3.10. The first kappa shape index (κ1) is 55.8. The van der Waals surface area contributed by atoms with Crippen molar-refractivity contribution in [3.05, 3.63) is 24.3 Å². The molecule has 0 radical (unpaired) electrons. The number of halogens is 1. The Kier molecular flexibility index (Phi) is 65.0. The highest BCUT2D eigenvalue weighted by molar-refractivity contribution is 8.68. The molecule has 0 aliphatic carbocycles. The molecule has 2 saturated heterocycles. The van der Waals surface area contributed by atoms with Gasteiger partial charge >= 0.3 is 0 Å². The second-order valence-corrected chi connectivity index (χ2v) is 24.4. The fourth-order valence-electron chi connectivity index (χ4n) is 2.90. The monoisotopic (exact) mass is 926 g/mol. The first-order valence-corrected chi connectivity index (χ1v) is 29.1. The minimum atomic E-state index is -0.361. The summed E-state index contributed by atoms with van der Waals surface area (Å²) in [5.74, 6) is 0. The molecular formula is C25H47ClO8S13. The van der Waals surface area contributed by atoms with Gasteiger partial charge in [0.05, 0.1) is 13.2 Å². The number of aliphatic hydroxyl groups is 3. The van der Waals surface area contributed by atoms with Crippen LogP contribution in [0.5, 0.6) is 0 Å². The van der Waals surface area contributed by atoms with Gasteiger partial charge in [0.2, 0.25) is 5.24 Å². The maximum Gasteiger partial charge on any atom is 0.218 e. The van der Waals surface area contributed by atoms with E-state index in [1.165, 1.54) is 85.9 Å². The van der Waals surface area contributed by atoms with Gasteiger partial charge in [-0.3, -0.25) is 4.79 Å². The van der Waals surface area contributed by atoms with Crippen molar-refractivity contribution in [2.75, 3.05) is 46.8 Å². The molecule has 0 aromatic heterocycles. The van der Waals surface area contributed by atoms with Crippen LogP contribution in [0.2, 0.25) is 0 Å². The summed E-state index contributed by atoms with van der Waals surface area (Å²) in [5.41, 5.74) is 0. The van der Waals surface area contributed by atoms with Crippen LogP contribution in [-0.4, -0.2) is 79.9 Å². The summed E-state index contributed by atoms with van der Waals surface area (Å²) in [6.45, 7) is 4.87. The van der Waals surface area contributed by atoms with E-state index in [1.54, 1.807) is 26.6 Å². The van der Waals surface area contributed by atoms with E-state index in [0.29, 0.717) is 12.8 Å². The Morgan fingerprint density at radius 1 is 0.681 bits per heavy atom. The summed E-state index contributed by atoms with van der Waals surface area (Å²) in [7, 11) is 14.0. The first-order valence-electron chi connectivity index (χ1n) is 14.0. The molecule has 0 amide bonds. The zero-order valence-corrected chi connectivity index (χ0v) is 37.7. The van der Waals surface area contributed by atoms with Gasteiger partial charge in [-0.15, -0.1) is 0 Å². The molecule has 2 rings (SSSR count). The standard InChI is InChI=1S/C16H28O4.C6H12O2.C2H3ClO.CH4O.S7.S6/c1(5-11-17-15-9-3-7-13-19-15)2-6-12-18-16-10-4-8-14-20-16;7-5-3-1-2-4-6-8;1-2(3)4;1-2;1-3-5-7-6-4-2;1-3-5-6-4-2/h1-2,15-16H,3-14H2;1-2,7-8H,3-6H2;1H3;2H,1H3;;/b2*2-1-;;;;. The van der Waals surface area contributed by atoms with Crippen molar-refractivity contribution in [2.45, 2.75) is 83.7 Å². The van der Waals surface area contributed by atoms with Crippen LogP contribution in [-0.2, 0) is 148 Å². The highest BCUT2D eigenvalue weighted by atomic mass is 35.5. The van der Waals surface area contributed by atoms with Crippen molar-refractivity contribution in [1.82, 2.24) is 0 Å². The van der Waals surface area contributed by atoms with Gasteiger partial charge in [0.15, 0.2) is 12.6 Å². The SMILES string of the molecule is C(=C/CCOC1CCCCO1)/CCOC1CCCCO1.CC(=O)Cl.CO.OCC/C=C\CCO.S=S=S=S=S=S.S=S=S=S=S=S=S. The molecule has 8 nitrogen and oxygen atoms in total. The predicted octanol–water partition coefficient (Wildman–Crippen LogP) is 4.07. The maximum absolute atomic E-state index is 9.21. The molecule has 0 aromatic carbocycles. The number of carbonyl (C=O) groups is 1. The fraction of sp³-hybridized carbons (Fsp3) is 0.800. The quantitative estimate of drug-likeness (QED) is 0.149. The third-order valence-corrected chi connectivity index (χ3v) is 20.1. The summed E-state index contributed by atoms with van der Waals surface area (Å²) < 4.78 is 22.3. The van der Waals surface area contributed by atoms with Crippen LogP contribution < -0.4 is 0 Å². The van der Waals surface area contributed by atoms with E-state index >= 15 is 0 Å². The van der Waals surface area contributed by atoms with E-state index in [0.717, 1.165) is 59.2 Å². The Bertz CT molecular complexity index is 1050. The van der Waals surface area contributed by atoms with Crippen molar-refractivity contribution >= 4 is 142 Å². The van der Waals surface area contributed by atoms with Gasteiger partial charge in [-0.1, -0.05) is 24.3 Å². The summed E-state index contributed by atoms with van der Waals surface area (Å²) in [5, 5.41) is 23.1. The van der Waals surface area contributed by atoms with Gasteiger partial charge in [0.25, 0.3) is 0 Å². The van der Waals surface area contributed by atoms with Gasteiger partial charge in [-0.25, -0.2) is 0 Å². The zero-order valence-electron chi connectivity index (χ0n) is 26.3. The van der Waals surface area contributed by atoms with Crippen LogP contribution in [0.15, 0.2) is 24.3 Å². The number of hydrogen-bond donors (Lipinski definition) is 3. The summed E-state index contributed by atoms with van der Waals surface area (Å²) >= 11 is 22.8. The molecule has 0 saturated carbocycles. The third kappa shape index (κ3) is 60.4. The van der Waals surface area contributed by atoms with Crippen molar-refractivity contribution < 1.29 is 39.1 Å². The van der Waals surface area contributed by atoms with E-state index in [2.05, 4.69) is 68.5 Å². The molecular weight excluding hydrogens is 881 g/mol. The Labute approximate surface area is 331 Å². The van der Waals surface area contributed by atoms with Crippen LogP contribution in [0.25, 0.3) is 0 Å². The molecule has 0 bridgehead atoms. The Morgan fingerprint density at radius 2 is 1.00 bits per heavy atom. The summed E-state index contributed by atoms with van der Waals surface area (Å²) in [4.78, 5) is 9.21. The largest absolute Gasteiger partial charge is 0.400 e. The van der Waals surface area contributed by atoms with E-state index < -0.39 is 0 Å². The molecule has 47 heavy (non-hydrogen) atoms. The van der Waals surface area contributed by atoms with Crippen LogP contribution in [0.4, 0.5) is 0 Å². The van der Waals surface area contributed by atoms with Gasteiger partial charge in [-0.05, 0) is 75.8 Å². The summed E-state index contributed by atoms with van der Waals surface area (Å²) in [6.07, 6.45) is 18.2. The van der Waals surface area contributed by atoms with Gasteiger partial charge in [-0.2, -0.15) is 0 Å². The Morgan fingerprint density at radius 3 is 1.28 bits per heavy atom. The number of aliphatic hydroxyl groups excluding tert-OH is 3. The number of carbonyl (C=O) groups excluding carboxylic acids is 1. The van der Waals surface area contributed by atoms with Crippen LogP contribution in [0.1, 0.15) is 71.1 Å².